The molecule has 0 spiro atoms. The number of rotatable bonds is 5. The first-order valence-electron chi connectivity index (χ1n) is 5.49. The van der Waals surface area contributed by atoms with Gasteiger partial charge in [0.2, 0.25) is 5.91 Å². The zero-order chi connectivity index (χ0) is 12.7. The summed E-state index contributed by atoms with van der Waals surface area (Å²) < 4.78 is 5.33. The van der Waals surface area contributed by atoms with Crippen LogP contribution in [0.4, 0.5) is 0 Å². The molecule has 1 heterocycles. The second kappa shape index (κ2) is 6.48. The topological polar surface area (TPSA) is 75.0 Å². The second-order valence-electron chi connectivity index (χ2n) is 3.35. The van der Waals surface area contributed by atoms with Crippen LogP contribution in [-0.4, -0.2) is 17.5 Å². The maximum absolute atomic E-state index is 11.1. The van der Waals surface area contributed by atoms with Gasteiger partial charge in [0.15, 0.2) is 0 Å². The van der Waals surface area contributed by atoms with Gasteiger partial charge < -0.3 is 10.1 Å². The Labute approximate surface area is 100 Å². The molecule has 1 aromatic rings. The van der Waals surface area contributed by atoms with Crippen molar-refractivity contribution in [1.29, 1.82) is 5.26 Å². The fourth-order valence-corrected chi connectivity index (χ4v) is 1.25. The van der Waals surface area contributed by atoms with Crippen molar-refractivity contribution in [2.24, 2.45) is 0 Å². The fraction of sp³-hybridized carbons (Fsp3) is 0.417. The molecule has 0 saturated heterocycles. The molecule has 1 aromatic heterocycles. The van der Waals surface area contributed by atoms with E-state index in [2.05, 4.69) is 10.3 Å². The van der Waals surface area contributed by atoms with Crippen LogP contribution in [0.25, 0.3) is 0 Å². The lowest BCUT2D eigenvalue weighted by atomic mass is 10.2. The Morgan fingerprint density at radius 2 is 2.35 bits per heavy atom. The number of nitrogens with one attached hydrogen (secondary N) is 1. The van der Waals surface area contributed by atoms with Gasteiger partial charge in [-0.05, 0) is 6.92 Å². The molecule has 17 heavy (non-hydrogen) atoms. The van der Waals surface area contributed by atoms with E-state index < -0.39 is 0 Å². The predicted octanol–water partition coefficient (Wildman–Crippen LogP) is 1.38. The molecule has 1 amide bonds. The van der Waals surface area contributed by atoms with Crippen molar-refractivity contribution in [2.45, 2.75) is 26.8 Å². The number of nitriles is 1. The zero-order valence-electron chi connectivity index (χ0n) is 9.99. The molecule has 5 nitrogen and oxygen atoms in total. The molecule has 0 atom stereocenters. The van der Waals surface area contributed by atoms with Crippen molar-refractivity contribution in [2.75, 3.05) is 6.61 Å². The number of amides is 1. The maximum atomic E-state index is 11.1. The summed E-state index contributed by atoms with van der Waals surface area (Å²) in [6.45, 7) is 4.46. The molecule has 1 N–H and O–H groups in total. The lowest BCUT2D eigenvalue weighted by Gasteiger charge is -2.08. The van der Waals surface area contributed by atoms with Crippen molar-refractivity contribution in [3.05, 3.63) is 23.5 Å². The molecule has 0 aromatic carbocycles. The Morgan fingerprint density at radius 1 is 1.59 bits per heavy atom. The number of hydrogen-bond acceptors (Lipinski definition) is 4. The SMILES string of the molecule is CCOc1cc(CNC(=O)CC)ncc1C#N. The van der Waals surface area contributed by atoms with Gasteiger partial charge in [-0.15, -0.1) is 0 Å². The highest BCUT2D eigenvalue weighted by Gasteiger charge is 2.06. The maximum Gasteiger partial charge on any atom is 0.220 e. The van der Waals surface area contributed by atoms with E-state index in [9.17, 15) is 4.79 Å². The number of ether oxygens (including phenoxy) is 1. The van der Waals surface area contributed by atoms with Gasteiger partial charge >= 0.3 is 0 Å². The van der Waals surface area contributed by atoms with Crippen molar-refractivity contribution >= 4 is 5.91 Å². The van der Waals surface area contributed by atoms with E-state index in [-0.39, 0.29) is 5.91 Å². The normalized spacial score (nSPS) is 9.47. The first kappa shape index (κ1) is 13.0. The standard InChI is InChI=1S/C12H15N3O2/c1-3-12(16)15-8-10-5-11(17-4-2)9(6-13)7-14-10/h5,7H,3-4,8H2,1-2H3,(H,15,16). The Hall–Kier alpha value is -2.09. The van der Waals surface area contributed by atoms with Gasteiger partial charge in [0.1, 0.15) is 17.4 Å². The largest absolute Gasteiger partial charge is 0.492 e. The van der Waals surface area contributed by atoms with Gasteiger partial charge in [0.05, 0.1) is 18.8 Å². The summed E-state index contributed by atoms with van der Waals surface area (Å²) in [5.74, 6) is 0.472. The lowest BCUT2D eigenvalue weighted by Crippen LogP contribution is -2.22. The highest BCUT2D eigenvalue weighted by molar-refractivity contribution is 5.75. The third-order valence-electron chi connectivity index (χ3n) is 2.13. The average molecular weight is 233 g/mol. The molecule has 0 unspecified atom stereocenters. The molecular weight excluding hydrogens is 218 g/mol. The summed E-state index contributed by atoms with van der Waals surface area (Å²) >= 11 is 0. The number of carbonyl (C=O) groups excluding carboxylic acids is 1. The van der Waals surface area contributed by atoms with Crippen LogP contribution in [0.3, 0.4) is 0 Å². The van der Waals surface area contributed by atoms with E-state index in [1.54, 1.807) is 13.0 Å². The van der Waals surface area contributed by atoms with Gasteiger partial charge in [-0.1, -0.05) is 6.92 Å². The van der Waals surface area contributed by atoms with Gasteiger partial charge in [-0.2, -0.15) is 5.26 Å². The van der Waals surface area contributed by atoms with Crippen LogP contribution < -0.4 is 10.1 Å². The lowest BCUT2D eigenvalue weighted by molar-refractivity contribution is -0.120. The highest BCUT2D eigenvalue weighted by Crippen LogP contribution is 2.17. The van der Waals surface area contributed by atoms with Crippen LogP contribution in [0.1, 0.15) is 31.5 Å². The van der Waals surface area contributed by atoms with Crippen molar-refractivity contribution in [1.82, 2.24) is 10.3 Å². The third-order valence-corrected chi connectivity index (χ3v) is 2.13. The van der Waals surface area contributed by atoms with Crippen molar-refractivity contribution in [3.8, 4) is 11.8 Å². The predicted molar refractivity (Wildman–Crippen MR) is 62.3 cm³/mol. The number of hydrogen-bond donors (Lipinski definition) is 1. The quantitative estimate of drug-likeness (QED) is 0.833. The number of nitrogens with zero attached hydrogens (tertiary/aromatic N) is 2. The molecule has 0 saturated carbocycles. The van der Waals surface area contributed by atoms with E-state index in [1.807, 2.05) is 13.0 Å². The van der Waals surface area contributed by atoms with E-state index in [1.165, 1.54) is 6.20 Å². The fourth-order valence-electron chi connectivity index (χ4n) is 1.25. The molecule has 0 aliphatic carbocycles. The molecular formula is C12H15N3O2. The summed E-state index contributed by atoms with van der Waals surface area (Å²) in [6, 6.07) is 3.69. The summed E-state index contributed by atoms with van der Waals surface area (Å²) in [4.78, 5) is 15.2. The summed E-state index contributed by atoms with van der Waals surface area (Å²) in [5.41, 5.74) is 1.08. The van der Waals surface area contributed by atoms with E-state index in [0.29, 0.717) is 36.6 Å². The van der Waals surface area contributed by atoms with Crippen LogP contribution in [0.5, 0.6) is 5.75 Å². The number of pyridine rings is 1. The summed E-state index contributed by atoms with van der Waals surface area (Å²) in [6.07, 6.45) is 1.90. The molecule has 90 valence electrons. The van der Waals surface area contributed by atoms with Crippen LogP contribution >= 0.6 is 0 Å². The van der Waals surface area contributed by atoms with Crippen molar-refractivity contribution in [3.63, 3.8) is 0 Å². The molecule has 0 fully saturated rings. The first-order chi connectivity index (χ1) is 8.21. The van der Waals surface area contributed by atoms with Gasteiger partial charge in [-0.3, -0.25) is 9.78 Å². The third kappa shape index (κ3) is 3.76. The minimum Gasteiger partial charge on any atom is -0.492 e. The van der Waals surface area contributed by atoms with Crippen LogP contribution in [0.15, 0.2) is 12.3 Å². The first-order valence-corrected chi connectivity index (χ1v) is 5.49. The molecule has 1 rings (SSSR count). The minimum atomic E-state index is -0.0332. The van der Waals surface area contributed by atoms with Crippen LogP contribution in [-0.2, 0) is 11.3 Å². The highest BCUT2D eigenvalue weighted by atomic mass is 16.5. The summed E-state index contributed by atoms with van der Waals surface area (Å²) in [7, 11) is 0. The Bertz CT molecular complexity index is 438. The average Bonchev–Trinajstić information content (AvgIpc) is 2.36. The Kier molecular flexibility index (Phi) is 4.95. The van der Waals surface area contributed by atoms with E-state index in [0.717, 1.165) is 0 Å². The molecule has 0 bridgehead atoms. The molecule has 5 heteroatoms. The molecule has 0 aliphatic heterocycles. The number of aromatic nitrogens is 1. The Balaban J connectivity index is 2.78. The van der Waals surface area contributed by atoms with Gasteiger partial charge in [-0.25, -0.2) is 0 Å². The van der Waals surface area contributed by atoms with Crippen molar-refractivity contribution < 1.29 is 9.53 Å². The van der Waals surface area contributed by atoms with Crippen LogP contribution in [0, 0.1) is 11.3 Å². The van der Waals surface area contributed by atoms with Gasteiger partial charge in [0.25, 0.3) is 0 Å². The summed E-state index contributed by atoms with van der Waals surface area (Å²) in [5, 5.41) is 11.6. The number of carbonyl (C=O) groups is 1. The minimum absolute atomic E-state index is 0.0332. The molecule has 0 radical (unpaired) electrons. The van der Waals surface area contributed by atoms with E-state index in [4.69, 9.17) is 10.00 Å². The van der Waals surface area contributed by atoms with Gasteiger partial charge in [0, 0.05) is 18.7 Å². The monoisotopic (exact) mass is 233 g/mol. The second-order valence-corrected chi connectivity index (χ2v) is 3.35. The molecule has 0 aliphatic rings. The van der Waals surface area contributed by atoms with E-state index >= 15 is 0 Å². The zero-order valence-corrected chi connectivity index (χ0v) is 9.99. The smallest absolute Gasteiger partial charge is 0.220 e. The Morgan fingerprint density at radius 3 is 2.94 bits per heavy atom. The van der Waals surface area contributed by atoms with Crippen LogP contribution in [0.2, 0.25) is 0 Å².